The van der Waals surface area contributed by atoms with Crippen LogP contribution in [0.1, 0.15) is 48.0 Å². The van der Waals surface area contributed by atoms with Crippen LogP contribution in [0.15, 0.2) is 53.0 Å². The fourth-order valence-electron chi connectivity index (χ4n) is 2.96. The first-order valence-electron chi connectivity index (χ1n) is 9.53. The zero-order valence-electron chi connectivity index (χ0n) is 17.6. The van der Waals surface area contributed by atoms with Gasteiger partial charge in [-0.05, 0) is 42.5 Å². The van der Waals surface area contributed by atoms with E-state index in [9.17, 15) is 31.1 Å². The summed E-state index contributed by atoms with van der Waals surface area (Å²) >= 11 is 3.30. The van der Waals surface area contributed by atoms with E-state index in [4.69, 9.17) is 0 Å². The molecule has 1 N–H and O–H groups in total. The highest BCUT2D eigenvalue weighted by atomic mass is 79.9. The van der Waals surface area contributed by atoms with Crippen molar-refractivity contribution < 1.29 is 31.1 Å². The molecule has 1 amide bonds. The van der Waals surface area contributed by atoms with Crippen LogP contribution in [0.5, 0.6) is 0 Å². The third-order valence-corrected chi connectivity index (χ3v) is 5.22. The number of hydrogen-bond acceptors (Lipinski definition) is 2. The summed E-state index contributed by atoms with van der Waals surface area (Å²) in [5, 5.41) is 6.75. The second-order valence-electron chi connectivity index (χ2n) is 8.26. The van der Waals surface area contributed by atoms with Gasteiger partial charge in [-0.2, -0.15) is 31.4 Å². The summed E-state index contributed by atoms with van der Waals surface area (Å²) in [6, 6.07) is 8.94. The number of rotatable bonds is 3. The third-order valence-electron chi connectivity index (χ3n) is 4.69. The Labute approximate surface area is 193 Å². The molecule has 2 aromatic carbocycles. The maximum Gasteiger partial charge on any atom is 0.417 e. The molecule has 0 atom stereocenters. The van der Waals surface area contributed by atoms with Gasteiger partial charge in [0, 0.05) is 16.0 Å². The quantitative estimate of drug-likeness (QED) is 0.361. The van der Waals surface area contributed by atoms with E-state index in [2.05, 4.69) is 26.3 Å². The van der Waals surface area contributed by atoms with E-state index in [1.165, 1.54) is 10.7 Å². The highest BCUT2D eigenvalue weighted by Crippen LogP contribution is 2.37. The Morgan fingerprint density at radius 1 is 0.909 bits per heavy atom. The molecule has 0 aliphatic rings. The molecule has 11 heteroatoms. The number of hydrogen-bond donors (Lipinski definition) is 1. The van der Waals surface area contributed by atoms with Crippen molar-refractivity contribution in [2.75, 3.05) is 5.32 Å². The highest BCUT2D eigenvalue weighted by Gasteiger charge is 2.39. The van der Waals surface area contributed by atoms with Crippen LogP contribution in [0.25, 0.3) is 5.69 Å². The van der Waals surface area contributed by atoms with Crippen molar-refractivity contribution in [1.29, 1.82) is 0 Å². The minimum absolute atomic E-state index is 0.0118. The van der Waals surface area contributed by atoms with E-state index in [-0.39, 0.29) is 18.0 Å². The Kier molecular flexibility index (Phi) is 6.40. The van der Waals surface area contributed by atoms with Crippen molar-refractivity contribution in [3.8, 4) is 5.69 Å². The Bertz CT molecular complexity index is 1170. The fourth-order valence-corrected chi connectivity index (χ4v) is 3.22. The van der Waals surface area contributed by atoms with Crippen LogP contribution in [-0.2, 0) is 17.8 Å². The summed E-state index contributed by atoms with van der Waals surface area (Å²) in [5.41, 5.74) is -3.45. The van der Waals surface area contributed by atoms with Gasteiger partial charge < -0.3 is 5.32 Å². The molecular weight excluding hydrogens is 516 g/mol. The molecule has 0 spiro atoms. The maximum absolute atomic E-state index is 13.4. The first kappa shape index (κ1) is 24.8. The average Bonchev–Trinajstić information content (AvgIpc) is 3.11. The van der Waals surface area contributed by atoms with Gasteiger partial charge in [-0.1, -0.05) is 36.7 Å². The number of amides is 1. The van der Waals surface area contributed by atoms with E-state index in [0.717, 1.165) is 4.47 Å². The number of nitrogens with one attached hydrogen (secondary N) is 1. The van der Waals surface area contributed by atoms with E-state index in [0.29, 0.717) is 17.4 Å². The van der Waals surface area contributed by atoms with Crippen LogP contribution in [0.3, 0.4) is 0 Å². The third kappa shape index (κ3) is 5.58. The first-order valence-corrected chi connectivity index (χ1v) is 10.3. The van der Waals surface area contributed by atoms with Gasteiger partial charge in [0.1, 0.15) is 5.82 Å². The predicted molar refractivity (Wildman–Crippen MR) is 114 cm³/mol. The zero-order chi connectivity index (χ0) is 24.8. The molecule has 0 aliphatic heterocycles. The second kappa shape index (κ2) is 8.51. The van der Waals surface area contributed by atoms with Gasteiger partial charge in [-0.25, -0.2) is 4.68 Å². The largest absolute Gasteiger partial charge is 0.417 e. The lowest BCUT2D eigenvalue weighted by Crippen LogP contribution is -2.21. The highest BCUT2D eigenvalue weighted by molar-refractivity contribution is 9.10. The van der Waals surface area contributed by atoms with Crippen molar-refractivity contribution in [2.24, 2.45) is 0 Å². The molecule has 3 aromatic rings. The number of carbonyl (C=O) groups excluding carboxylic acids is 1. The number of aromatic nitrogens is 2. The van der Waals surface area contributed by atoms with Gasteiger partial charge in [0.2, 0.25) is 0 Å². The summed E-state index contributed by atoms with van der Waals surface area (Å²) in [4.78, 5) is 12.8. The molecule has 33 heavy (non-hydrogen) atoms. The van der Waals surface area contributed by atoms with E-state index < -0.39 is 40.4 Å². The smallest absolute Gasteiger partial charge is 0.306 e. The number of benzene rings is 2. The number of halogens is 7. The van der Waals surface area contributed by atoms with Gasteiger partial charge >= 0.3 is 12.4 Å². The molecule has 1 aromatic heterocycles. The maximum atomic E-state index is 13.4. The minimum atomic E-state index is -5.03. The Hall–Kier alpha value is -2.82. The average molecular weight is 534 g/mol. The second-order valence-corrected chi connectivity index (χ2v) is 9.18. The van der Waals surface area contributed by atoms with Gasteiger partial charge in [0.15, 0.2) is 0 Å². The van der Waals surface area contributed by atoms with Crippen LogP contribution in [-0.4, -0.2) is 15.7 Å². The standard InChI is InChI=1S/C22H18BrF6N3O/c1-20(2,3)17-11-18(32(31-17)14-7-5-13(23)6-8-14)30-19(33)15-10-12(21(24,25)26)4-9-16(15)22(27,28)29/h4-11H,1-3H3,(H,30,33). The number of carbonyl (C=O) groups is 1. The molecular formula is C22H18BrF6N3O. The monoisotopic (exact) mass is 533 g/mol. The molecule has 176 valence electrons. The topological polar surface area (TPSA) is 46.9 Å². The van der Waals surface area contributed by atoms with Crippen molar-refractivity contribution >= 4 is 27.7 Å². The van der Waals surface area contributed by atoms with Gasteiger partial charge in [-0.15, -0.1) is 0 Å². The minimum Gasteiger partial charge on any atom is -0.306 e. The molecule has 0 radical (unpaired) electrons. The molecule has 0 aliphatic carbocycles. The summed E-state index contributed by atoms with van der Waals surface area (Å²) in [7, 11) is 0. The lowest BCUT2D eigenvalue weighted by atomic mass is 9.92. The molecule has 0 bridgehead atoms. The fraction of sp³-hybridized carbons (Fsp3) is 0.273. The molecule has 1 heterocycles. The lowest BCUT2D eigenvalue weighted by Gasteiger charge is -2.16. The van der Waals surface area contributed by atoms with Crippen molar-refractivity contribution in [3.63, 3.8) is 0 Å². The lowest BCUT2D eigenvalue weighted by molar-refractivity contribution is -0.141. The van der Waals surface area contributed by atoms with Gasteiger partial charge in [0.05, 0.1) is 28.1 Å². The summed E-state index contributed by atoms with van der Waals surface area (Å²) < 4.78 is 81.7. The van der Waals surface area contributed by atoms with Gasteiger partial charge in [0.25, 0.3) is 5.91 Å². The first-order chi connectivity index (χ1) is 15.1. The van der Waals surface area contributed by atoms with Crippen molar-refractivity contribution in [1.82, 2.24) is 9.78 Å². The van der Waals surface area contributed by atoms with Gasteiger partial charge in [-0.3, -0.25) is 4.79 Å². The molecule has 0 saturated heterocycles. The predicted octanol–water partition coefficient (Wildman–Crippen LogP) is 7.22. The Morgan fingerprint density at radius 2 is 1.52 bits per heavy atom. The SMILES string of the molecule is CC(C)(C)c1cc(NC(=O)c2cc(C(F)(F)F)ccc2C(F)(F)F)n(-c2ccc(Br)cc2)n1. The molecule has 3 rings (SSSR count). The zero-order valence-corrected chi connectivity index (χ0v) is 19.2. The van der Waals surface area contributed by atoms with Crippen LogP contribution < -0.4 is 5.32 Å². The molecule has 0 unspecified atom stereocenters. The number of alkyl halides is 6. The Morgan fingerprint density at radius 3 is 2.03 bits per heavy atom. The Balaban J connectivity index is 2.11. The molecule has 4 nitrogen and oxygen atoms in total. The van der Waals surface area contributed by atoms with Crippen LogP contribution >= 0.6 is 15.9 Å². The normalized spacial score (nSPS) is 12.7. The number of nitrogens with zero attached hydrogens (tertiary/aromatic N) is 2. The summed E-state index contributed by atoms with van der Waals surface area (Å²) in [6.07, 6.45) is -9.95. The summed E-state index contributed by atoms with van der Waals surface area (Å²) in [5.74, 6) is -1.33. The van der Waals surface area contributed by atoms with Crippen LogP contribution in [0.4, 0.5) is 32.2 Å². The van der Waals surface area contributed by atoms with Crippen LogP contribution in [0, 0.1) is 0 Å². The number of anilines is 1. The van der Waals surface area contributed by atoms with E-state index >= 15 is 0 Å². The summed E-state index contributed by atoms with van der Waals surface area (Å²) in [6.45, 7) is 5.55. The van der Waals surface area contributed by atoms with Crippen molar-refractivity contribution in [3.05, 3.63) is 75.4 Å². The molecule has 0 fully saturated rings. The van der Waals surface area contributed by atoms with Crippen molar-refractivity contribution in [2.45, 2.75) is 38.5 Å². The van der Waals surface area contributed by atoms with E-state index in [1.54, 1.807) is 24.3 Å². The molecule has 0 saturated carbocycles. The van der Waals surface area contributed by atoms with E-state index in [1.807, 2.05) is 20.8 Å². The van der Waals surface area contributed by atoms with Crippen LogP contribution in [0.2, 0.25) is 0 Å².